The number of anilines is 1. The van der Waals surface area contributed by atoms with E-state index in [0.717, 1.165) is 27.5 Å². The van der Waals surface area contributed by atoms with Crippen molar-refractivity contribution in [3.8, 4) is 0 Å². The molecule has 7 heteroatoms. The molecule has 0 unspecified atom stereocenters. The normalized spacial score (nSPS) is 16.5. The maximum atomic E-state index is 12.2. The summed E-state index contributed by atoms with van der Waals surface area (Å²) in [5, 5.41) is 3.49. The Morgan fingerprint density at radius 3 is 3.00 bits per heavy atom. The fourth-order valence-electron chi connectivity index (χ4n) is 1.97. The predicted molar refractivity (Wildman–Crippen MR) is 77.3 cm³/mol. The van der Waals surface area contributed by atoms with Gasteiger partial charge in [-0.2, -0.15) is 0 Å². The SMILES string of the molecule is COCC1(C(=O)Nc2nc3cncc(Br)c3s2)CC1. The van der Waals surface area contributed by atoms with Crippen LogP contribution in [0.5, 0.6) is 0 Å². The molecule has 0 atom stereocenters. The van der Waals surface area contributed by atoms with Crippen molar-refractivity contribution in [2.45, 2.75) is 12.8 Å². The third-order valence-electron chi connectivity index (χ3n) is 3.23. The van der Waals surface area contributed by atoms with Crippen molar-refractivity contribution in [1.82, 2.24) is 9.97 Å². The largest absolute Gasteiger partial charge is 0.384 e. The molecule has 1 amide bonds. The summed E-state index contributed by atoms with van der Waals surface area (Å²) in [4.78, 5) is 20.6. The fourth-order valence-corrected chi connectivity index (χ4v) is 3.37. The van der Waals surface area contributed by atoms with Crippen LogP contribution in [0.2, 0.25) is 0 Å². The molecule has 2 aromatic heterocycles. The van der Waals surface area contributed by atoms with Gasteiger partial charge in [0.25, 0.3) is 0 Å². The Morgan fingerprint density at radius 2 is 2.37 bits per heavy atom. The van der Waals surface area contributed by atoms with Gasteiger partial charge in [0.05, 0.1) is 27.4 Å². The molecule has 1 N–H and O–H groups in total. The molecule has 3 rings (SSSR count). The third-order valence-corrected chi connectivity index (χ3v) is 5.11. The van der Waals surface area contributed by atoms with Gasteiger partial charge in [0.15, 0.2) is 5.13 Å². The average Bonchev–Trinajstić information content (AvgIpc) is 3.04. The number of nitrogens with one attached hydrogen (secondary N) is 1. The summed E-state index contributed by atoms with van der Waals surface area (Å²) < 4.78 is 6.99. The summed E-state index contributed by atoms with van der Waals surface area (Å²) in [5.41, 5.74) is 0.438. The monoisotopic (exact) mass is 341 g/mol. The number of carbonyl (C=O) groups is 1. The van der Waals surface area contributed by atoms with Gasteiger partial charge in [-0.05, 0) is 28.8 Å². The van der Waals surface area contributed by atoms with Gasteiger partial charge in [0, 0.05) is 13.3 Å². The van der Waals surface area contributed by atoms with Crippen LogP contribution in [0.1, 0.15) is 12.8 Å². The maximum absolute atomic E-state index is 12.2. The average molecular weight is 342 g/mol. The van der Waals surface area contributed by atoms with Crippen LogP contribution >= 0.6 is 27.3 Å². The number of pyridine rings is 1. The summed E-state index contributed by atoms with van der Waals surface area (Å²) in [6.45, 7) is 0.467. The molecule has 1 aliphatic rings. The van der Waals surface area contributed by atoms with E-state index in [1.165, 1.54) is 11.3 Å². The Labute approximate surface area is 122 Å². The van der Waals surface area contributed by atoms with Gasteiger partial charge < -0.3 is 10.1 Å². The van der Waals surface area contributed by atoms with Crippen LogP contribution in [-0.2, 0) is 9.53 Å². The number of halogens is 1. The van der Waals surface area contributed by atoms with Crippen LogP contribution in [0, 0.1) is 5.41 Å². The first-order valence-corrected chi connectivity index (χ1v) is 7.46. The second-order valence-electron chi connectivity index (χ2n) is 4.66. The van der Waals surface area contributed by atoms with E-state index < -0.39 is 0 Å². The molecule has 1 fully saturated rings. The number of hydrogen-bond donors (Lipinski definition) is 1. The van der Waals surface area contributed by atoms with E-state index in [0.29, 0.717) is 11.7 Å². The second-order valence-corrected chi connectivity index (χ2v) is 6.51. The molecule has 0 aromatic carbocycles. The molecule has 5 nitrogen and oxygen atoms in total. The highest BCUT2D eigenvalue weighted by Gasteiger charge is 2.50. The number of ether oxygens (including phenoxy) is 1. The molecule has 19 heavy (non-hydrogen) atoms. The van der Waals surface area contributed by atoms with Crippen LogP contribution in [-0.4, -0.2) is 29.6 Å². The van der Waals surface area contributed by atoms with Crippen LogP contribution < -0.4 is 5.32 Å². The van der Waals surface area contributed by atoms with Crippen molar-refractivity contribution < 1.29 is 9.53 Å². The molecule has 1 aliphatic carbocycles. The lowest BCUT2D eigenvalue weighted by molar-refractivity contribution is -0.122. The van der Waals surface area contributed by atoms with Gasteiger partial charge in [0.2, 0.25) is 5.91 Å². The molecule has 2 aromatic rings. The zero-order chi connectivity index (χ0) is 13.5. The van der Waals surface area contributed by atoms with Crippen molar-refractivity contribution in [1.29, 1.82) is 0 Å². The number of rotatable bonds is 4. The Kier molecular flexibility index (Phi) is 3.28. The Hall–Kier alpha value is -1.05. The van der Waals surface area contributed by atoms with Crippen molar-refractivity contribution in [2.24, 2.45) is 5.41 Å². The van der Waals surface area contributed by atoms with E-state index in [9.17, 15) is 4.79 Å². The molecule has 0 radical (unpaired) electrons. The summed E-state index contributed by atoms with van der Waals surface area (Å²) in [7, 11) is 1.62. The number of aromatic nitrogens is 2. The predicted octanol–water partition coefficient (Wildman–Crippen LogP) is 2.82. The minimum Gasteiger partial charge on any atom is -0.384 e. The molecule has 100 valence electrons. The van der Waals surface area contributed by atoms with Crippen molar-refractivity contribution in [3.05, 3.63) is 16.9 Å². The number of amides is 1. The number of hydrogen-bond acceptors (Lipinski definition) is 5. The van der Waals surface area contributed by atoms with E-state index in [4.69, 9.17) is 4.74 Å². The molecule has 0 aliphatic heterocycles. The highest BCUT2D eigenvalue weighted by atomic mass is 79.9. The second kappa shape index (κ2) is 4.81. The Bertz CT molecular complexity index is 639. The van der Waals surface area contributed by atoms with Gasteiger partial charge in [-0.3, -0.25) is 9.78 Å². The van der Waals surface area contributed by atoms with Gasteiger partial charge in [0.1, 0.15) is 5.52 Å². The summed E-state index contributed by atoms with van der Waals surface area (Å²) >= 11 is 4.87. The first kappa shape index (κ1) is 13.0. The van der Waals surface area contributed by atoms with E-state index in [1.54, 1.807) is 19.5 Å². The number of methoxy groups -OCH3 is 1. The van der Waals surface area contributed by atoms with Crippen LogP contribution in [0.4, 0.5) is 5.13 Å². The summed E-state index contributed by atoms with van der Waals surface area (Å²) in [6.07, 6.45) is 5.17. The smallest absolute Gasteiger partial charge is 0.234 e. The van der Waals surface area contributed by atoms with Crippen molar-refractivity contribution in [2.75, 3.05) is 19.0 Å². The van der Waals surface area contributed by atoms with Crippen LogP contribution in [0.25, 0.3) is 10.2 Å². The zero-order valence-corrected chi connectivity index (χ0v) is 12.7. The lowest BCUT2D eigenvalue weighted by Crippen LogP contribution is -2.27. The van der Waals surface area contributed by atoms with Gasteiger partial charge in [-0.1, -0.05) is 11.3 Å². The zero-order valence-electron chi connectivity index (χ0n) is 10.3. The molecular formula is C12H12BrN3O2S. The first-order chi connectivity index (χ1) is 9.14. The van der Waals surface area contributed by atoms with Crippen molar-refractivity contribution >= 4 is 48.5 Å². The first-order valence-electron chi connectivity index (χ1n) is 5.85. The van der Waals surface area contributed by atoms with E-state index in [2.05, 4.69) is 31.2 Å². The molecular weight excluding hydrogens is 330 g/mol. The molecule has 0 bridgehead atoms. The quantitative estimate of drug-likeness (QED) is 0.928. The summed E-state index contributed by atoms with van der Waals surface area (Å²) in [5.74, 6) is -0.00233. The number of carbonyl (C=O) groups excluding carboxylic acids is 1. The standard InChI is InChI=1S/C12H12BrN3O2S/c1-18-6-12(2-3-12)10(17)16-11-15-8-5-14-4-7(13)9(8)19-11/h4-5H,2-3,6H2,1H3,(H,15,16,17). The lowest BCUT2D eigenvalue weighted by atomic mass is 10.1. The highest BCUT2D eigenvalue weighted by molar-refractivity contribution is 9.10. The highest BCUT2D eigenvalue weighted by Crippen LogP contribution is 2.47. The van der Waals surface area contributed by atoms with Crippen molar-refractivity contribution in [3.63, 3.8) is 0 Å². The summed E-state index contributed by atoms with van der Waals surface area (Å²) in [6, 6.07) is 0. The fraction of sp³-hybridized carbons (Fsp3) is 0.417. The van der Waals surface area contributed by atoms with E-state index in [1.807, 2.05) is 0 Å². The van der Waals surface area contributed by atoms with Gasteiger partial charge in [-0.25, -0.2) is 4.98 Å². The van der Waals surface area contributed by atoms with Crippen LogP contribution in [0.15, 0.2) is 16.9 Å². The minimum atomic E-state index is -0.345. The number of fused-ring (bicyclic) bond motifs is 1. The molecule has 2 heterocycles. The third kappa shape index (κ3) is 2.37. The maximum Gasteiger partial charge on any atom is 0.234 e. The molecule has 1 saturated carbocycles. The van der Waals surface area contributed by atoms with Crippen LogP contribution in [0.3, 0.4) is 0 Å². The van der Waals surface area contributed by atoms with E-state index >= 15 is 0 Å². The Morgan fingerprint density at radius 1 is 1.58 bits per heavy atom. The Balaban J connectivity index is 1.82. The molecule has 0 saturated heterocycles. The van der Waals surface area contributed by atoms with Gasteiger partial charge in [-0.15, -0.1) is 0 Å². The van der Waals surface area contributed by atoms with Gasteiger partial charge >= 0.3 is 0 Å². The van der Waals surface area contributed by atoms with E-state index in [-0.39, 0.29) is 11.3 Å². The number of nitrogens with zero attached hydrogens (tertiary/aromatic N) is 2. The molecule has 0 spiro atoms. The topological polar surface area (TPSA) is 64.1 Å². The minimum absolute atomic E-state index is 0.00233. The number of thiazole rings is 1. The lowest BCUT2D eigenvalue weighted by Gasteiger charge is -2.12.